The summed E-state index contributed by atoms with van der Waals surface area (Å²) in [5, 5.41) is 17.7. The largest absolute Gasteiger partial charge is 0.388 e. The van der Waals surface area contributed by atoms with E-state index in [9.17, 15) is 19.1 Å². The molecular formula is C27H27FN4O3. The number of hydrogen-bond donors (Lipinski definition) is 3. The molecule has 2 aromatic carbocycles. The third-order valence-corrected chi connectivity index (χ3v) is 6.55. The van der Waals surface area contributed by atoms with Crippen molar-refractivity contribution in [2.75, 3.05) is 0 Å². The first kappa shape index (κ1) is 23.0. The molecule has 1 aliphatic rings. The Balaban J connectivity index is 1.46. The highest BCUT2D eigenvalue weighted by Gasteiger charge is 2.31. The molecule has 0 spiro atoms. The Hall–Kier alpha value is -3.78. The predicted octanol–water partition coefficient (Wildman–Crippen LogP) is 3.95. The monoisotopic (exact) mass is 474 g/mol. The number of aliphatic hydroxyl groups is 1. The first-order valence-corrected chi connectivity index (χ1v) is 11.7. The van der Waals surface area contributed by atoms with Gasteiger partial charge in [0.2, 0.25) is 0 Å². The van der Waals surface area contributed by atoms with E-state index in [4.69, 9.17) is 0 Å². The van der Waals surface area contributed by atoms with E-state index in [1.54, 1.807) is 20.0 Å². The fourth-order valence-electron chi connectivity index (χ4n) is 4.69. The van der Waals surface area contributed by atoms with Gasteiger partial charge in [-0.25, -0.2) is 8.91 Å². The highest BCUT2D eigenvalue weighted by atomic mass is 19.1. The molecule has 2 heterocycles. The van der Waals surface area contributed by atoms with Gasteiger partial charge in [0.25, 0.3) is 11.5 Å². The highest BCUT2D eigenvalue weighted by Crippen LogP contribution is 2.27. The smallest absolute Gasteiger partial charge is 0.274 e. The van der Waals surface area contributed by atoms with Crippen LogP contribution < -0.4 is 10.9 Å². The van der Waals surface area contributed by atoms with E-state index in [2.05, 4.69) is 27.5 Å². The number of aromatic amines is 1. The normalized spacial score (nSPS) is 14.5. The molecule has 1 atom stereocenters. The Morgan fingerprint density at radius 2 is 1.83 bits per heavy atom. The molecule has 0 saturated carbocycles. The van der Waals surface area contributed by atoms with Gasteiger partial charge in [-0.05, 0) is 80.0 Å². The lowest BCUT2D eigenvalue weighted by molar-refractivity contribution is 0.0342. The zero-order valence-electron chi connectivity index (χ0n) is 19.6. The molecule has 0 aliphatic heterocycles. The predicted molar refractivity (Wildman–Crippen MR) is 131 cm³/mol. The Morgan fingerprint density at radius 3 is 2.54 bits per heavy atom. The second-order valence-electron chi connectivity index (χ2n) is 9.66. The maximum absolute atomic E-state index is 13.4. The average molecular weight is 475 g/mol. The fourth-order valence-corrected chi connectivity index (χ4v) is 4.69. The Morgan fingerprint density at radius 1 is 1.11 bits per heavy atom. The van der Waals surface area contributed by atoms with Gasteiger partial charge in [-0.15, -0.1) is 0 Å². The van der Waals surface area contributed by atoms with Crippen molar-refractivity contribution in [1.29, 1.82) is 0 Å². The molecule has 1 amide bonds. The van der Waals surface area contributed by atoms with Crippen molar-refractivity contribution in [3.63, 3.8) is 0 Å². The van der Waals surface area contributed by atoms with Crippen molar-refractivity contribution in [2.24, 2.45) is 0 Å². The van der Waals surface area contributed by atoms with Crippen LogP contribution in [0.5, 0.6) is 0 Å². The molecule has 8 heteroatoms. The van der Waals surface area contributed by atoms with Crippen molar-refractivity contribution in [1.82, 2.24) is 19.9 Å². The van der Waals surface area contributed by atoms with Crippen LogP contribution >= 0.6 is 0 Å². The standard InChI is InChI=1S/C27H27FN4O3/c1-27(2,35)24(17-9-11-20(28)12-10-17)30-25(33)21-14-23-26(34)29-22(15-32(23)31-21)19-8-7-16-5-3-4-6-18(16)13-19/h7-15,24,35H,3-6H2,1-2H3,(H,29,34)(H,30,33). The van der Waals surface area contributed by atoms with Gasteiger partial charge in [0.05, 0.1) is 23.5 Å². The molecule has 4 aromatic rings. The number of nitrogens with one attached hydrogen (secondary N) is 2. The van der Waals surface area contributed by atoms with Crippen LogP contribution in [0.25, 0.3) is 16.8 Å². The maximum atomic E-state index is 13.4. The second-order valence-corrected chi connectivity index (χ2v) is 9.66. The van der Waals surface area contributed by atoms with Gasteiger partial charge >= 0.3 is 0 Å². The molecule has 5 rings (SSSR count). The lowest BCUT2D eigenvalue weighted by Gasteiger charge is -2.30. The van der Waals surface area contributed by atoms with Crippen LogP contribution in [-0.2, 0) is 12.8 Å². The minimum absolute atomic E-state index is 0.0365. The van der Waals surface area contributed by atoms with Gasteiger partial charge in [0.1, 0.15) is 11.3 Å². The Labute approximate surface area is 201 Å². The molecule has 0 fully saturated rings. The third kappa shape index (κ3) is 4.61. The number of fused-ring (bicyclic) bond motifs is 2. The molecular weight excluding hydrogens is 447 g/mol. The third-order valence-electron chi connectivity index (χ3n) is 6.55. The van der Waals surface area contributed by atoms with E-state index in [0.717, 1.165) is 24.8 Å². The fraction of sp³-hybridized carbons (Fsp3) is 0.296. The molecule has 0 saturated heterocycles. The summed E-state index contributed by atoms with van der Waals surface area (Å²) in [4.78, 5) is 28.8. The first-order chi connectivity index (χ1) is 16.7. The number of aromatic nitrogens is 3. The Kier molecular flexibility index (Phi) is 5.76. The SMILES string of the molecule is CC(C)(O)C(NC(=O)c1cc2c(=O)[nH]c(-c3ccc4c(c3)CCCC4)cn2n1)c1ccc(F)cc1. The lowest BCUT2D eigenvalue weighted by atomic mass is 9.90. The molecule has 2 aromatic heterocycles. The van der Waals surface area contributed by atoms with Crippen LogP contribution in [0.15, 0.2) is 59.5 Å². The second kappa shape index (κ2) is 8.78. The number of H-pyrrole nitrogens is 1. The number of benzene rings is 2. The topological polar surface area (TPSA) is 99.5 Å². The number of rotatable bonds is 5. The molecule has 3 N–H and O–H groups in total. The summed E-state index contributed by atoms with van der Waals surface area (Å²) in [6.07, 6.45) is 6.16. The number of hydrogen-bond acceptors (Lipinski definition) is 4. The van der Waals surface area contributed by atoms with Gasteiger partial charge in [-0.2, -0.15) is 5.10 Å². The zero-order chi connectivity index (χ0) is 24.7. The zero-order valence-corrected chi connectivity index (χ0v) is 19.6. The van der Waals surface area contributed by atoms with E-state index in [0.29, 0.717) is 11.3 Å². The summed E-state index contributed by atoms with van der Waals surface area (Å²) in [6, 6.07) is 12.4. The van der Waals surface area contributed by atoms with Crippen LogP contribution in [0.2, 0.25) is 0 Å². The van der Waals surface area contributed by atoms with Crippen LogP contribution in [-0.4, -0.2) is 31.2 Å². The molecule has 180 valence electrons. The summed E-state index contributed by atoms with van der Waals surface area (Å²) < 4.78 is 14.8. The first-order valence-electron chi connectivity index (χ1n) is 11.7. The summed E-state index contributed by atoms with van der Waals surface area (Å²) in [6.45, 7) is 3.11. The summed E-state index contributed by atoms with van der Waals surface area (Å²) in [5.74, 6) is -0.969. The number of aryl methyl sites for hydroxylation is 2. The van der Waals surface area contributed by atoms with E-state index in [-0.39, 0.29) is 16.8 Å². The van der Waals surface area contributed by atoms with Crippen molar-refractivity contribution in [3.05, 3.63) is 93.3 Å². The van der Waals surface area contributed by atoms with Crippen molar-refractivity contribution in [3.8, 4) is 11.3 Å². The maximum Gasteiger partial charge on any atom is 0.274 e. The number of carbonyl (C=O) groups excluding carboxylic acids is 1. The quantitative estimate of drug-likeness (QED) is 0.408. The molecule has 0 radical (unpaired) electrons. The van der Waals surface area contributed by atoms with Crippen LogP contribution in [0.4, 0.5) is 4.39 Å². The highest BCUT2D eigenvalue weighted by molar-refractivity contribution is 5.94. The minimum Gasteiger partial charge on any atom is -0.388 e. The number of amides is 1. The summed E-state index contributed by atoms with van der Waals surface area (Å²) >= 11 is 0. The molecule has 1 unspecified atom stereocenters. The number of halogens is 1. The minimum atomic E-state index is -1.33. The van der Waals surface area contributed by atoms with Crippen LogP contribution in [0.1, 0.15) is 59.9 Å². The van der Waals surface area contributed by atoms with Crippen molar-refractivity contribution >= 4 is 11.4 Å². The van der Waals surface area contributed by atoms with Crippen molar-refractivity contribution < 1.29 is 14.3 Å². The Bertz CT molecular complexity index is 1460. The molecule has 1 aliphatic carbocycles. The summed E-state index contributed by atoms with van der Waals surface area (Å²) in [5.41, 5.74) is 3.29. The lowest BCUT2D eigenvalue weighted by Crippen LogP contribution is -2.42. The van der Waals surface area contributed by atoms with Gasteiger partial charge in [0.15, 0.2) is 5.69 Å². The molecule has 35 heavy (non-hydrogen) atoms. The number of carbonyl (C=O) groups is 1. The van der Waals surface area contributed by atoms with E-state index in [1.165, 1.54) is 52.4 Å². The van der Waals surface area contributed by atoms with Crippen molar-refractivity contribution in [2.45, 2.75) is 51.2 Å². The number of nitrogens with zero attached hydrogens (tertiary/aromatic N) is 2. The van der Waals surface area contributed by atoms with Gasteiger partial charge in [0, 0.05) is 6.07 Å². The summed E-state index contributed by atoms with van der Waals surface area (Å²) in [7, 11) is 0. The van der Waals surface area contributed by atoms with Crippen LogP contribution in [0, 0.1) is 5.82 Å². The molecule has 7 nitrogen and oxygen atoms in total. The van der Waals surface area contributed by atoms with Gasteiger partial charge < -0.3 is 15.4 Å². The van der Waals surface area contributed by atoms with Crippen LogP contribution in [0.3, 0.4) is 0 Å². The average Bonchev–Trinajstić information content (AvgIpc) is 3.27. The van der Waals surface area contributed by atoms with E-state index in [1.807, 2.05) is 6.07 Å². The van der Waals surface area contributed by atoms with Gasteiger partial charge in [-0.1, -0.05) is 24.3 Å². The molecule has 0 bridgehead atoms. The van der Waals surface area contributed by atoms with Gasteiger partial charge in [-0.3, -0.25) is 9.59 Å². The van der Waals surface area contributed by atoms with E-state index < -0.39 is 23.4 Å². The van der Waals surface area contributed by atoms with E-state index >= 15 is 0 Å².